The summed E-state index contributed by atoms with van der Waals surface area (Å²) in [5.74, 6) is -0.874. The van der Waals surface area contributed by atoms with Gasteiger partial charge >= 0.3 is 5.97 Å². The number of rotatable bonds is 5. The topological polar surface area (TPSA) is 52.6 Å². The summed E-state index contributed by atoms with van der Waals surface area (Å²) in [5, 5.41) is 12.5. The van der Waals surface area contributed by atoms with Crippen LogP contribution in [-0.4, -0.2) is 41.7 Å². The van der Waals surface area contributed by atoms with Crippen molar-refractivity contribution in [3.8, 4) is 0 Å². The maximum absolute atomic E-state index is 10.9. The van der Waals surface area contributed by atoms with Crippen molar-refractivity contribution in [2.24, 2.45) is 0 Å². The fourth-order valence-electron chi connectivity index (χ4n) is 3.09. The van der Waals surface area contributed by atoms with Crippen LogP contribution < -0.4 is 5.32 Å². The van der Waals surface area contributed by atoms with Gasteiger partial charge in [-0.2, -0.15) is 0 Å². The normalized spacial score (nSPS) is 18.7. The van der Waals surface area contributed by atoms with Gasteiger partial charge in [-0.25, -0.2) is 4.79 Å². The Morgan fingerprint density at radius 1 is 1.09 bits per heavy atom. The van der Waals surface area contributed by atoms with E-state index in [1.165, 1.54) is 5.56 Å². The molecule has 0 bridgehead atoms. The van der Waals surface area contributed by atoms with Crippen molar-refractivity contribution in [1.82, 2.24) is 10.2 Å². The van der Waals surface area contributed by atoms with E-state index in [9.17, 15) is 4.79 Å². The van der Waals surface area contributed by atoms with Gasteiger partial charge in [-0.05, 0) is 29.7 Å². The molecule has 120 valence electrons. The smallest absolute Gasteiger partial charge is 0.335 e. The number of benzene rings is 2. The highest BCUT2D eigenvalue weighted by atomic mass is 16.4. The second kappa shape index (κ2) is 7.40. The van der Waals surface area contributed by atoms with Gasteiger partial charge in [0.1, 0.15) is 0 Å². The second-order valence-electron chi connectivity index (χ2n) is 6.02. The molecule has 1 fully saturated rings. The van der Waals surface area contributed by atoms with Crippen molar-refractivity contribution < 1.29 is 9.90 Å². The number of nitrogens with one attached hydrogen (secondary N) is 1. The van der Waals surface area contributed by atoms with Gasteiger partial charge in [-0.3, -0.25) is 4.90 Å². The van der Waals surface area contributed by atoms with Crippen molar-refractivity contribution in [1.29, 1.82) is 0 Å². The third kappa shape index (κ3) is 4.18. The predicted molar refractivity (Wildman–Crippen MR) is 90.6 cm³/mol. The maximum atomic E-state index is 10.9. The molecule has 2 N–H and O–H groups in total. The summed E-state index contributed by atoms with van der Waals surface area (Å²) < 4.78 is 0. The number of carbonyl (C=O) groups is 1. The zero-order valence-electron chi connectivity index (χ0n) is 13.1. The third-order valence-electron chi connectivity index (χ3n) is 4.37. The van der Waals surface area contributed by atoms with E-state index in [2.05, 4.69) is 34.5 Å². The predicted octanol–water partition coefficient (Wildman–Crippen LogP) is 2.40. The van der Waals surface area contributed by atoms with Crippen LogP contribution >= 0.6 is 0 Å². The van der Waals surface area contributed by atoms with Crippen LogP contribution in [0.1, 0.15) is 21.5 Å². The highest BCUT2D eigenvalue weighted by molar-refractivity contribution is 5.87. The van der Waals surface area contributed by atoms with Crippen molar-refractivity contribution in [2.75, 3.05) is 19.6 Å². The van der Waals surface area contributed by atoms with Crippen LogP contribution in [0.5, 0.6) is 0 Å². The number of aromatic carboxylic acids is 1. The van der Waals surface area contributed by atoms with Crippen LogP contribution in [0.15, 0.2) is 54.6 Å². The van der Waals surface area contributed by atoms with E-state index >= 15 is 0 Å². The monoisotopic (exact) mass is 310 g/mol. The first kappa shape index (κ1) is 15.7. The minimum atomic E-state index is -0.874. The number of carboxylic acids is 1. The van der Waals surface area contributed by atoms with Crippen molar-refractivity contribution in [2.45, 2.75) is 19.0 Å². The molecule has 1 heterocycles. The molecule has 4 nitrogen and oxygen atoms in total. The summed E-state index contributed by atoms with van der Waals surface area (Å²) in [5.41, 5.74) is 2.86. The van der Waals surface area contributed by atoms with Gasteiger partial charge in [0.15, 0.2) is 0 Å². The molecule has 0 radical (unpaired) electrons. The van der Waals surface area contributed by atoms with E-state index in [0.717, 1.165) is 38.2 Å². The molecule has 0 aromatic heterocycles. The van der Waals surface area contributed by atoms with E-state index < -0.39 is 5.97 Å². The largest absolute Gasteiger partial charge is 0.478 e. The Labute approximate surface area is 136 Å². The Balaban J connectivity index is 1.67. The molecule has 0 amide bonds. The SMILES string of the molecule is O=C(O)c1ccc(CN2CCNC[C@H]2Cc2ccccc2)cc1. The van der Waals surface area contributed by atoms with Crippen LogP contribution in [0.2, 0.25) is 0 Å². The molecule has 0 aliphatic carbocycles. The van der Waals surface area contributed by atoms with Gasteiger partial charge in [0, 0.05) is 32.2 Å². The second-order valence-corrected chi connectivity index (χ2v) is 6.02. The molecule has 0 saturated carbocycles. The van der Waals surface area contributed by atoms with E-state index in [1.807, 2.05) is 18.2 Å². The minimum Gasteiger partial charge on any atom is -0.478 e. The molecule has 1 atom stereocenters. The quantitative estimate of drug-likeness (QED) is 0.890. The summed E-state index contributed by atoms with van der Waals surface area (Å²) in [6.07, 6.45) is 1.03. The van der Waals surface area contributed by atoms with Crippen LogP contribution in [0.3, 0.4) is 0 Å². The molecule has 4 heteroatoms. The first-order valence-electron chi connectivity index (χ1n) is 8.03. The lowest BCUT2D eigenvalue weighted by atomic mass is 10.0. The Morgan fingerprint density at radius 3 is 2.52 bits per heavy atom. The van der Waals surface area contributed by atoms with Crippen LogP contribution in [0.4, 0.5) is 0 Å². The summed E-state index contributed by atoms with van der Waals surface area (Å²) in [4.78, 5) is 13.4. The van der Waals surface area contributed by atoms with Crippen molar-refractivity contribution in [3.05, 3.63) is 71.3 Å². The average molecular weight is 310 g/mol. The Kier molecular flexibility index (Phi) is 5.05. The zero-order chi connectivity index (χ0) is 16.1. The highest BCUT2D eigenvalue weighted by Gasteiger charge is 2.22. The number of nitrogens with zero attached hydrogens (tertiary/aromatic N) is 1. The Bertz CT molecular complexity index is 640. The first-order valence-corrected chi connectivity index (χ1v) is 8.03. The van der Waals surface area contributed by atoms with Gasteiger partial charge in [-0.15, -0.1) is 0 Å². The molecule has 2 aromatic rings. The first-order chi connectivity index (χ1) is 11.2. The molecule has 3 rings (SSSR count). The highest BCUT2D eigenvalue weighted by Crippen LogP contribution is 2.15. The number of hydrogen-bond donors (Lipinski definition) is 2. The van der Waals surface area contributed by atoms with Crippen LogP contribution in [0, 0.1) is 0 Å². The van der Waals surface area contributed by atoms with Crippen LogP contribution in [-0.2, 0) is 13.0 Å². The van der Waals surface area contributed by atoms with E-state index in [-0.39, 0.29) is 0 Å². The van der Waals surface area contributed by atoms with Gasteiger partial charge in [0.2, 0.25) is 0 Å². The summed E-state index contributed by atoms with van der Waals surface area (Å²) in [6, 6.07) is 18.2. The lowest BCUT2D eigenvalue weighted by Crippen LogP contribution is -2.51. The molecule has 0 unspecified atom stereocenters. The number of carboxylic acid groups (broad SMARTS) is 1. The fourth-order valence-corrected chi connectivity index (χ4v) is 3.09. The molecule has 1 aliphatic rings. The van der Waals surface area contributed by atoms with E-state index in [4.69, 9.17) is 5.11 Å². The minimum absolute atomic E-state index is 0.342. The van der Waals surface area contributed by atoms with E-state index in [0.29, 0.717) is 11.6 Å². The van der Waals surface area contributed by atoms with Gasteiger partial charge in [0.05, 0.1) is 5.56 Å². The Morgan fingerprint density at radius 2 is 1.83 bits per heavy atom. The van der Waals surface area contributed by atoms with Crippen LogP contribution in [0.25, 0.3) is 0 Å². The van der Waals surface area contributed by atoms with Crippen molar-refractivity contribution >= 4 is 5.97 Å². The summed E-state index contributed by atoms with van der Waals surface area (Å²) in [7, 11) is 0. The van der Waals surface area contributed by atoms with Crippen molar-refractivity contribution in [3.63, 3.8) is 0 Å². The lowest BCUT2D eigenvalue weighted by molar-refractivity contribution is 0.0697. The third-order valence-corrected chi connectivity index (χ3v) is 4.37. The summed E-state index contributed by atoms with van der Waals surface area (Å²) in [6.45, 7) is 3.86. The Hall–Kier alpha value is -2.17. The maximum Gasteiger partial charge on any atom is 0.335 e. The van der Waals surface area contributed by atoms with Gasteiger partial charge in [-0.1, -0.05) is 42.5 Å². The molecule has 23 heavy (non-hydrogen) atoms. The molecular weight excluding hydrogens is 288 g/mol. The molecule has 1 aliphatic heterocycles. The average Bonchev–Trinajstić information content (AvgIpc) is 2.58. The zero-order valence-corrected chi connectivity index (χ0v) is 13.1. The number of piperazine rings is 1. The fraction of sp³-hybridized carbons (Fsp3) is 0.316. The lowest BCUT2D eigenvalue weighted by Gasteiger charge is -2.36. The number of hydrogen-bond acceptors (Lipinski definition) is 3. The van der Waals surface area contributed by atoms with Gasteiger partial charge in [0.25, 0.3) is 0 Å². The van der Waals surface area contributed by atoms with Gasteiger partial charge < -0.3 is 10.4 Å². The van der Waals surface area contributed by atoms with E-state index in [1.54, 1.807) is 12.1 Å². The molecule has 0 spiro atoms. The molecular formula is C19H22N2O2. The standard InChI is InChI=1S/C19H22N2O2/c22-19(23)17-8-6-16(7-9-17)14-21-11-10-20-13-18(21)12-15-4-2-1-3-5-15/h1-9,18,20H,10-14H2,(H,22,23)/t18-/m1/s1. The molecule has 2 aromatic carbocycles. The summed E-state index contributed by atoms with van der Waals surface area (Å²) >= 11 is 0. The molecule has 1 saturated heterocycles.